The Balaban J connectivity index is 2.38. The largest absolute Gasteiger partial charge is 0.314 e. The van der Waals surface area contributed by atoms with E-state index in [1.54, 1.807) is 0 Å². The smallest absolute Gasteiger partial charge is 0.00925 e. The maximum absolute atomic E-state index is 3.62. The van der Waals surface area contributed by atoms with Crippen LogP contribution in [0.5, 0.6) is 0 Å². The maximum atomic E-state index is 3.62. The van der Waals surface area contributed by atoms with Crippen molar-refractivity contribution in [3.05, 3.63) is 35.9 Å². The summed E-state index contributed by atoms with van der Waals surface area (Å²) in [6.45, 7) is 7.94. The average molecular weight is 233 g/mol. The van der Waals surface area contributed by atoms with E-state index in [2.05, 4.69) is 56.4 Å². The summed E-state index contributed by atoms with van der Waals surface area (Å²) >= 11 is 0. The molecular formula is C16H27N. The SMILES string of the molecule is CCCC(NCC)C(C)CCc1ccccc1. The fourth-order valence-corrected chi connectivity index (χ4v) is 2.40. The molecule has 2 unspecified atom stereocenters. The standard InChI is InChI=1S/C16H27N/c1-4-9-16(17-5-2)14(3)12-13-15-10-7-6-8-11-15/h6-8,10-11,14,16-17H,4-5,9,12-13H2,1-3H3. The molecule has 96 valence electrons. The molecule has 2 atom stereocenters. The first-order chi connectivity index (χ1) is 8.27. The van der Waals surface area contributed by atoms with Crippen LogP contribution in [0.1, 0.15) is 45.6 Å². The van der Waals surface area contributed by atoms with E-state index in [0.717, 1.165) is 12.5 Å². The van der Waals surface area contributed by atoms with Gasteiger partial charge in [-0.2, -0.15) is 0 Å². The van der Waals surface area contributed by atoms with Crippen molar-refractivity contribution in [3.63, 3.8) is 0 Å². The Morgan fingerprint density at radius 1 is 1.06 bits per heavy atom. The Labute approximate surface area is 107 Å². The van der Waals surface area contributed by atoms with E-state index in [4.69, 9.17) is 0 Å². The number of aryl methyl sites for hydroxylation is 1. The number of hydrogen-bond donors (Lipinski definition) is 1. The highest BCUT2D eigenvalue weighted by Gasteiger charge is 2.14. The Morgan fingerprint density at radius 3 is 2.35 bits per heavy atom. The van der Waals surface area contributed by atoms with Crippen molar-refractivity contribution in [1.29, 1.82) is 0 Å². The molecule has 1 aromatic rings. The van der Waals surface area contributed by atoms with Crippen LogP contribution in [-0.4, -0.2) is 12.6 Å². The molecule has 0 aliphatic rings. The molecule has 1 N–H and O–H groups in total. The molecule has 1 aromatic carbocycles. The summed E-state index contributed by atoms with van der Waals surface area (Å²) in [5.41, 5.74) is 1.46. The van der Waals surface area contributed by atoms with Gasteiger partial charge in [0.1, 0.15) is 0 Å². The van der Waals surface area contributed by atoms with Crippen LogP contribution in [0.2, 0.25) is 0 Å². The molecule has 0 aliphatic heterocycles. The second-order valence-electron chi connectivity index (χ2n) is 4.95. The predicted octanol–water partition coefficient (Wildman–Crippen LogP) is 4.03. The van der Waals surface area contributed by atoms with Crippen LogP contribution in [0.4, 0.5) is 0 Å². The van der Waals surface area contributed by atoms with Crippen molar-refractivity contribution in [3.8, 4) is 0 Å². The quantitative estimate of drug-likeness (QED) is 0.714. The molecule has 0 aliphatic carbocycles. The van der Waals surface area contributed by atoms with E-state index < -0.39 is 0 Å². The highest BCUT2D eigenvalue weighted by atomic mass is 14.9. The maximum Gasteiger partial charge on any atom is 0.00925 e. The van der Waals surface area contributed by atoms with E-state index in [-0.39, 0.29) is 0 Å². The third-order valence-corrected chi connectivity index (χ3v) is 3.48. The van der Waals surface area contributed by atoms with Crippen molar-refractivity contribution >= 4 is 0 Å². The summed E-state index contributed by atoms with van der Waals surface area (Å²) in [4.78, 5) is 0. The molecule has 0 saturated heterocycles. The van der Waals surface area contributed by atoms with Crippen LogP contribution in [0.15, 0.2) is 30.3 Å². The second kappa shape index (κ2) is 8.30. The summed E-state index contributed by atoms with van der Waals surface area (Å²) in [6, 6.07) is 11.5. The first-order valence-electron chi connectivity index (χ1n) is 7.05. The molecule has 0 spiro atoms. The Bertz CT molecular complexity index is 275. The molecule has 1 nitrogen and oxygen atoms in total. The zero-order valence-electron chi connectivity index (χ0n) is 11.6. The van der Waals surface area contributed by atoms with Crippen molar-refractivity contribution in [1.82, 2.24) is 5.32 Å². The minimum Gasteiger partial charge on any atom is -0.314 e. The molecular weight excluding hydrogens is 206 g/mol. The topological polar surface area (TPSA) is 12.0 Å². The first kappa shape index (κ1) is 14.2. The van der Waals surface area contributed by atoms with E-state index >= 15 is 0 Å². The van der Waals surface area contributed by atoms with E-state index in [0.29, 0.717) is 6.04 Å². The van der Waals surface area contributed by atoms with Crippen molar-refractivity contribution in [2.45, 2.75) is 52.5 Å². The van der Waals surface area contributed by atoms with Gasteiger partial charge in [0.2, 0.25) is 0 Å². The molecule has 0 bridgehead atoms. The Kier molecular flexibility index (Phi) is 6.95. The highest BCUT2D eigenvalue weighted by molar-refractivity contribution is 5.14. The fourth-order valence-electron chi connectivity index (χ4n) is 2.40. The van der Waals surface area contributed by atoms with Crippen LogP contribution >= 0.6 is 0 Å². The third-order valence-electron chi connectivity index (χ3n) is 3.48. The fraction of sp³-hybridized carbons (Fsp3) is 0.625. The normalized spacial score (nSPS) is 14.5. The van der Waals surface area contributed by atoms with Gasteiger partial charge in [-0.05, 0) is 37.3 Å². The van der Waals surface area contributed by atoms with Gasteiger partial charge >= 0.3 is 0 Å². The minimum absolute atomic E-state index is 0.689. The van der Waals surface area contributed by atoms with Gasteiger partial charge in [0.15, 0.2) is 0 Å². The average Bonchev–Trinajstić information content (AvgIpc) is 2.37. The Hall–Kier alpha value is -0.820. The molecule has 0 amide bonds. The monoisotopic (exact) mass is 233 g/mol. The molecule has 0 aromatic heterocycles. The number of benzene rings is 1. The van der Waals surface area contributed by atoms with Crippen LogP contribution in [0, 0.1) is 5.92 Å². The lowest BCUT2D eigenvalue weighted by atomic mass is 9.91. The van der Waals surface area contributed by atoms with Gasteiger partial charge in [0, 0.05) is 6.04 Å². The molecule has 0 fully saturated rings. The number of hydrogen-bond acceptors (Lipinski definition) is 1. The van der Waals surface area contributed by atoms with Crippen LogP contribution < -0.4 is 5.32 Å². The highest BCUT2D eigenvalue weighted by Crippen LogP contribution is 2.16. The number of nitrogens with one attached hydrogen (secondary N) is 1. The summed E-state index contributed by atoms with van der Waals surface area (Å²) in [5, 5.41) is 3.62. The van der Waals surface area contributed by atoms with Gasteiger partial charge in [-0.3, -0.25) is 0 Å². The number of rotatable bonds is 8. The van der Waals surface area contributed by atoms with Crippen LogP contribution in [0.3, 0.4) is 0 Å². The zero-order valence-corrected chi connectivity index (χ0v) is 11.6. The van der Waals surface area contributed by atoms with Gasteiger partial charge in [-0.25, -0.2) is 0 Å². The van der Waals surface area contributed by atoms with Crippen molar-refractivity contribution < 1.29 is 0 Å². The molecule has 0 radical (unpaired) electrons. The third kappa shape index (κ3) is 5.36. The summed E-state index contributed by atoms with van der Waals surface area (Å²) < 4.78 is 0. The minimum atomic E-state index is 0.689. The van der Waals surface area contributed by atoms with E-state index in [1.165, 1.54) is 31.2 Å². The first-order valence-corrected chi connectivity index (χ1v) is 7.05. The second-order valence-corrected chi connectivity index (χ2v) is 4.95. The van der Waals surface area contributed by atoms with E-state index in [1.807, 2.05) is 0 Å². The van der Waals surface area contributed by atoms with Gasteiger partial charge in [0.25, 0.3) is 0 Å². The van der Waals surface area contributed by atoms with Gasteiger partial charge in [-0.1, -0.05) is 57.5 Å². The summed E-state index contributed by atoms with van der Waals surface area (Å²) in [6.07, 6.45) is 5.05. The lowest BCUT2D eigenvalue weighted by Gasteiger charge is -2.24. The summed E-state index contributed by atoms with van der Waals surface area (Å²) in [5.74, 6) is 0.759. The van der Waals surface area contributed by atoms with Gasteiger partial charge in [-0.15, -0.1) is 0 Å². The lowest BCUT2D eigenvalue weighted by molar-refractivity contribution is 0.342. The van der Waals surface area contributed by atoms with Gasteiger partial charge < -0.3 is 5.32 Å². The molecule has 0 heterocycles. The summed E-state index contributed by atoms with van der Waals surface area (Å²) in [7, 11) is 0. The van der Waals surface area contributed by atoms with Crippen molar-refractivity contribution in [2.24, 2.45) is 5.92 Å². The van der Waals surface area contributed by atoms with Crippen molar-refractivity contribution in [2.75, 3.05) is 6.54 Å². The van der Waals surface area contributed by atoms with E-state index in [9.17, 15) is 0 Å². The Morgan fingerprint density at radius 2 is 1.76 bits per heavy atom. The molecule has 17 heavy (non-hydrogen) atoms. The molecule has 1 heteroatoms. The predicted molar refractivity (Wildman–Crippen MR) is 76.3 cm³/mol. The molecule has 0 saturated carbocycles. The van der Waals surface area contributed by atoms with Gasteiger partial charge in [0.05, 0.1) is 0 Å². The lowest BCUT2D eigenvalue weighted by Crippen LogP contribution is -2.34. The van der Waals surface area contributed by atoms with Crippen LogP contribution in [0.25, 0.3) is 0 Å². The zero-order chi connectivity index (χ0) is 12.5. The molecule has 1 rings (SSSR count). The van der Waals surface area contributed by atoms with Crippen LogP contribution in [-0.2, 0) is 6.42 Å².